The molecule has 1 aliphatic carbocycles. The smallest absolute Gasteiger partial charge is 0.244 e. The van der Waals surface area contributed by atoms with Crippen molar-refractivity contribution in [1.82, 2.24) is 14.8 Å². The lowest BCUT2D eigenvalue weighted by Gasteiger charge is -2.39. The largest absolute Gasteiger partial charge is 0.332 e. The van der Waals surface area contributed by atoms with Crippen LogP contribution in [0.2, 0.25) is 0 Å². The van der Waals surface area contributed by atoms with Crippen LogP contribution in [0.4, 0.5) is 0 Å². The number of carbonyl (C=O) groups is 1. The number of carbonyl (C=O) groups excluding carboxylic acids is 1. The normalized spacial score (nSPS) is 22.1. The van der Waals surface area contributed by atoms with Crippen molar-refractivity contribution in [3.63, 3.8) is 0 Å². The molecule has 0 N–H and O–H groups in total. The molecule has 24 heavy (non-hydrogen) atoms. The van der Waals surface area contributed by atoms with Crippen LogP contribution in [-0.2, 0) is 17.6 Å². The minimum absolute atomic E-state index is 0.151. The van der Waals surface area contributed by atoms with Gasteiger partial charge in [0.2, 0.25) is 5.91 Å². The molecule has 2 aromatic rings. The number of thiazole rings is 1. The third kappa shape index (κ3) is 2.38. The van der Waals surface area contributed by atoms with Crippen LogP contribution in [0.5, 0.6) is 0 Å². The Balaban J connectivity index is 1.67. The Morgan fingerprint density at radius 1 is 1.29 bits per heavy atom. The standard InChI is InChI=1S/C19H23N3OS/c1-21(2)19(12-14-6-3-4-7-15(14)13-19)18(23)22-10-5-8-16(22)17-20-9-11-24-17/h3-4,6-7,9,11,16H,5,8,10,12-13H2,1-2H3. The fraction of sp³-hybridized carbons (Fsp3) is 0.474. The van der Waals surface area contributed by atoms with Crippen molar-refractivity contribution in [2.75, 3.05) is 20.6 Å². The van der Waals surface area contributed by atoms with E-state index in [9.17, 15) is 4.79 Å². The Labute approximate surface area is 147 Å². The summed E-state index contributed by atoms with van der Waals surface area (Å²) in [6, 6.07) is 8.62. The lowest BCUT2D eigenvalue weighted by atomic mass is 9.91. The van der Waals surface area contributed by atoms with E-state index >= 15 is 0 Å². The van der Waals surface area contributed by atoms with E-state index in [0.717, 1.165) is 37.2 Å². The topological polar surface area (TPSA) is 36.4 Å². The van der Waals surface area contributed by atoms with Gasteiger partial charge in [-0.3, -0.25) is 9.69 Å². The first-order valence-corrected chi connectivity index (χ1v) is 9.44. The Bertz CT molecular complexity index is 716. The summed E-state index contributed by atoms with van der Waals surface area (Å²) < 4.78 is 0. The molecule has 1 unspecified atom stereocenters. The predicted octanol–water partition coefficient (Wildman–Crippen LogP) is 2.91. The first-order chi connectivity index (χ1) is 11.6. The van der Waals surface area contributed by atoms with E-state index in [2.05, 4.69) is 39.0 Å². The number of likely N-dealkylation sites (tertiary alicyclic amines) is 1. The molecule has 1 fully saturated rings. The summed E-state index contributed by atoms with van der Waals surface area (Å²) in [5.41, 5.74) is 2.16. The average molecular weight is 341 g/mol. The zero-order valence-corrected chi connectivity index (χ0v) is 15.1. The molecule has 1 aromatic carbocycles. The highest BCUT2D eigenvalue weighted by molar-refractivity contribution is 7.09. The van der Waals surface area contributed by atoms with Crippen LogP contribution in [0, 0.1) is 0 Å². The van der Waals surface area contributed by atoms with Crippen LogP contribution in [0.3, 0.4) is 0 Å². The van der Waals surface area contributed by atoms with Gasteiger partial charge < -0.3 is 4.90 Å². The highest BCUT2D eigenvalue weighted by Gasteiger charge is 2.49. The van der Waals surface area contributed by atoms with E-state index in [1.165, 1.54) is 11.1 Å². The Morgan fingerprint density at radius 3 is 2.58 bits per heavy atom. The van der Waals surface area contributed by atoms with Crippen molar-refractivity contribution < 1.29 is 4.79 Å². The molecule has 0 saturated carbocycles. The quantitative estimate of drug-likeness (QED) is 0.861. The number of benzene rings is 1. The number of amides is 1. The number of rotatable bonds is 3. The van der Waals surface area contributed by atoms with Gasteiger partial charge in [0.05, 0.1) is 6.04 Å². The minimum Gasteiger partial charge on any atom is -0.332 e. The summed E-state index contributed by atoms with van der Waals surface area (Å²) in [4.78, 5) is 22.3. The summed E-state index contributed by atoms with van der Waals surface area (Å²) in [5.74, 6) is 0.265. The summed E-state index contributed by atoms with van der Waals surface area (Å²) in [6.07, 6.45) is 5.53. The molecular formula is C19H23N3OS. The second-order valence-corrected chi connectivity index (χ2v) is 8.00. The minimum atomic E-state index is -0.455. The fourth-order valence-corrected chi connectivity index (χ4v) is 4.97. The van der Waals surface area contributed by atoms with Gasteiger partial charge in [0, 0.05) is 31.0 Å². The number of hydrogen-bond donors (Lipinski definition) is 0. The van der Waals surface area contributed by atoms with Gasteiger partial charge in [-0.15, -0.1) is 11.3 Å². The molecule has 0 radical (unpaired) electrons. The average Bonchev–Trinajstić information content (AvgIpc) is 3.30. The van der Waals surface area contributed by atoms with Gasteiger partial charge >= 0.3 is 0 Å². The van der Waals surface area contributed by atoms with E-state index in [1.807, 2.05) is 25.7 Å². The summed E-state index contributed by atoms with van der Waals surface area (Å²) >= 11 is 1.66. The van der Waals surface area contributed by atoms with Crippen molar-refractivity contribution in [2.24, 2.45) is 0 Å². The zero-order valence-electron chi connectivity index (χ0n) is 14.2. The maximum absolute atomic E-state index is 13.6. The molecule has 4 rings (SSSR count). The number of nitrogens with zero attached hydrogens (tertiary/aromatic N) is 3. The molecule has 1 amide bonds. The first kappa shape index (κ1) is 15.8. The molecule has 1 atom stereocenters. The molecule has 2 aliphatic rings. The molecule has 1 saturated heterocycles. The number of hydrogen-bond acceptors (Lipinski definition) is 4. The molecule has 1 aliphatic heterocycles. The van der Waals surface area contributed by atoms with Crippen LogP contribution in [-0.4, -0.2) is 46.9 Å². The Kier molecular flexibility index (Phi) is 3.93. The van der Waals surface area contributed by atoms with Crippen LogP contribution in [0.1, 0.15) is 35.0 Å². The van der Waals surface area contributed by atoms with Crippen molar-refractivity contribution in [3.05, 3.63) is 52.0 Å². The van der Waals surface area contributed by atoms with Gasteiger partial charge in [0.25, 0.3) is 0 Å². The maximum atomic E-state index is 13.6. The molecular weight excluding hydrogens is 318 g/mol. The second kappa shape index (κ2) is 5.97. The van der Waals surface area contributed by atoms with E-state index in [4.69, 9.17) is 0 Å². The summed E-state index contributed by atoms with van der Waals surface area (Å²) in [5, 5.41) is 3.08. The van der Waals surface area contributed by atoms with Crippen molar-refractivity contribution >= 4 is 17.2 Å². The van der Waals surface area contributed by atoms with Crippen LogP contribution >= 0.6 is 11.3 Å². The maximum Gasteiger partial charge on any atom is 0.244 e. The lowest BCUT2D eigenvalue weighted by molar-refractivity contribution is -0.143. The third-order valence-corrected chi connectivity index (χ3v) is 6.47. The second-order valence-electron chi connectivity index (χ2n) is 7.08. The molecule has 0 spiro atoms. The van der Waals surface area contributed by atoms with Crippen molar-refractivity contribution in [1.29, 1.82) is 0 Å². The van der Waals surface area contributed by atoms with Gasteiger partial charge in [-0.1, -0.05) is 24.3 Å². The van der Waals surface area contributed by atoms with Gasteiger partial charge in [-0.2, -0.15) is 0 Å². The van der Waals surface area contributed by atoms with E-state index in [1.54, 1.807) is 11.3 Å². The first-order valence-electron chi connectivity index (χ1n) is 8.56. The monoisotopic (exact) mass is 341 g/mol. The van der Waals surface area contributed by atoms with Crippen molar-refractivity contribution in [3.8, 4) is 0 Å². The number of likely N-dealkylation sites (N-methyl/N-ethyl adjacent to an activating group) is 1. The molecule has 5 heteroatoms. The Morgan fingerprint density at radius 2 is 2.00 bits per heavy atom. The van der Waals surface area contributed by atoms with Crippen LogP contribution in [0.15, 0.2) is 35.8 Å². The van der Waals surface area contributed by atoms with Gasteiger partial charge in [0.15, 0.2) is 0 Å². The van der Waals surface area contributed by atoms with E-state index in [0.29, 0.717) is 0 Å². The molecule has 1 aromatic heterocycles. The lowest BCUT2D eigenvalue weighted by Crippen LogP contribution is -2.58. The molecule has 4 nitrogen and oxygen atoms in total. The predicted molar refractivity (Wildman–Crippen MR) is 96.1 cm³/mol. The van der Waals surface area contributed by atoms with Gasteiger partial charge in [-0.05, 0) is 38.1 Å². The van der Waals surface area contributed by atoms with Crippen molar-refractivity contribution in [2.45, 2.75) is 37.3 Å². The van der Waals surface area contributed by atoms with Crippen LogP contribution < -0.4 is 0 Å². The van der Waals surface area contributed by atoms with Crippen LogP contribution in [0.25, 0.3) is 0 Å². The highest BCUT2D eigenvalue weighted by Crippen LogP contribution is 2.40. The van der Waals surface area contributed by atoms with E-state index in [-0.39, 0.29) is 11.9 Å². The summed E-state index contributed by atoms with van der Waals surface area (Å²) in [7, 11) is 4.08. The Hall–Kier alpha value is -1.72. The molecule has 0 bridgehead atoms. The number of fused-ring (bicyclic) bond motifs is 1. The number of aromatic nitrogens is 1. The van der Waals surface area contributed by atoms with Gasteiger partial charge in [-0.25, -0.2) is 4.98 Å². The van der Waals surface area contributed by atoms with Gasteiger partial charge in [0.1, 0.15) is 10.5 Å². The third-order valence-electron chi connectivity index (χ3n) is 5.59. The highest BCUT2D eigenvalue weighted by atomic mass is 32.1. The SMILES string of the molecule is CN(C)C1(C(=O)N2CCCC2c2nccs2)Cc2ccccc2C1. The van der Waals surface area contributed by atoms with E-state index < -0.39 is 5.54 Å². The fourth-order valence-electron chi connectivity index (χ4n) is 4.19. The molecule has 126 valence electrons. The zero-order chi connectivity index (χ0) is 16.7. The summed E-state index contributed by atoms with van der Waals surface area (Å²) in [6.45, 7) is 0.842. The molecule has 2 heterocycles.